The summed E-state index contributed by atoms with van der Waals surface area (Å²) in [5.74, 6) is 3.93. The fraction of sp³-hybridized carbons (Fsp3) is 0.429. The molecule has 1 saturated heterocycles. The van der Waals surface area contributed by atoms with E-state index in [0.29, 0.717) is 5.89 Å². The zero-order valence-electron chi connectivity index (χ0n) is 10.9. The first-order valence-corrected chi connectivity index (χ1v) is 7.67. The highest BCUT2D eigenvalue weighted by Crippen LogP contribution is 2.26. The van der Waals surface area contributed by atoms with E-state index in [4.69, 9.17) is 4.42 Å². The van der Waals surface area contributed by atoms with E-state index in [-0.39, 0.29) is 0 Å². The van der Waals surface area contributed by atoms with Crippen LogP contribution in [0.3, 0.4) is 0 Å². The molecule has 1 fully saturated rings. The van der Waals surface area contributed by atoms with Gasteiger partial charge in [-0.25, -0.2) is 0 Å². The lowest BCUT2D eigenvalue weighted by atomic mass is 10.1. The molecule has 4 nitrogen and oxygen atoms in total. The Bertz CT molecular complexity index is 536. The second-order valence-electron chi connectivity index (χ2n) is 4.88. The summed E-state index contributed by atoms with van der Waals surface area (Å²) in [6.07, 6.45) is 2.68. The highest BCUT2D eigenvalue weighted by atomic mass is 32.2. The maximum atomic E-state index is 5.24. The lowest BCUT2D eigenvalue weighted by molar-refractivity contribution is 0.568. The van der Waals surface area contributed by atoms with Gasteiger partial charge in [-0.2, -0.15) is 11.8 Å². The molecule has 1 aliphatic heterocycles. The van der Waals surface area contributed by atoms with Gasteiger partial charge in [0.05, 0.1) is 0 Å². The number of anilines is 1. The van der Waals surface area contributed by atoms with Gasteiger partial charge in [-0.15, -0.1) is 10.2 Å². The highest BCUT2D eigenvalue weighted by Gasteiger charge is 2.15. The molecule has 100 valence electrons. The van der Waals surface area contributed by atoms with Crippen LogP contribution in [0.15, 0.2) is 29.0 Å². The quantitative estimate of drug-likeness (QED) is 0.928. The third-order valence-electron chi connectivity index (χ3n) is 3.45. The summed E-state index contributed by atoms with van der Waals surface area (Å²) in [5, 5.41) is 11.2. The van der Waals surface area contributed by atoms with Gasteiger partial charge >= 0.3 is 0 Å². The van der Waals surface area contributed by atoms with Crippen LogP contribution in [0.2, 0.25) is 0 Å². The van der Waals surface area contributed by atoms with E-state index in [1.807, 2.05) is 17.8 Å². The molecular weight excluding hydrogens is 258 g/mol. The van der Waals surface area contributed by atoms with Gasteiger partial charge < -0.3 is 9.73 Å². The topological polar surface area (TPSA) is 51.0 Å². The smallest absolute Gasteiger partial charge is 0.247 e. The van der Waals surface area contributed by atoms with Crippen molar-refractivity contribution in [3.63, 3.8) is 0 Å². The number of aromatic nitrogens is 2. The van der Waals surface area contributed by atoms with E-state index in [9.17, 15) is 0 Å². The number of rotatable bonds is 4. The number of hydrogen-bond acceptors (Lipinski definition) is 5. The van der Waals surface area contributed by atoms with Crippen molar-refractivity contribution in [3.8, 4) is 11.5 Å². The molecule has 0 amide bonds. The molecule has 0 bridgehead atoms. The molecule has 5 heteroatoms. The van der Waals surface area contributed by atoms with Gasteiger partial charge in [-0.05, 0) is 48.5 Å². The minimum atomic E-state index is 0.569. The van der Waals surface area contributed by atoms with Crippen molar-refractivity contribution in [1.82, 2.24) is 10.2 Å². The van der Waals surface area contributed by atoms with Crippen LogP contribution in [0.25, 0.3) is 11.5 Å². The zero-order valence-corrected chi connectivity index (χ0v) is 11.7. The Kier molecular flexibility index (Phi) is 3.73. The van der Waals surface area contributed by atoms with E-state index in [1.165, 1.54) is 29.9 Å². The van der Waals surface area contributed by atoms with Crippen LogP contribution in [0.5, 0.6) is 0 Å². The Morgan fingerprint density at radius 2 is 2.42 bits per heavy atom. The van der Waals surface area contributed by atoms with Crippen molar-refractivity contribution in [3.05, 3.63) is 30.2 Å². The first-order valence-electron chi connectivity index (χ1n) is 6.52. The number of thioether (sulfide) groups is 1. The molecule has 1 aliphatic rings. The second-order valence-corrected chi connectivity index (χ2v) is 6.03. The molecule has 1 aromatic heterocycles. The van der Waals surface area contributed by atoms with Crippen LogP contribution in [0.4, 0.5) is 5.69 Å². The van der Waals surface area contributed by atoms with Crippen LogP contribution in [-0.4, -0.2) is 28.2 Å². The molecule has 1 unspecified atom stereocenters. The second kappa shape index (κ2) is 5.65. The molecule has 0 spiro atoms. The van der Waals surface area contributed by atoms with Gasteiger partial charge in [-0.1, -0.05) is 6.07 Å². The van der Waals surface area contributed by atoms with Crippen LogP contribution >= 0.6 is 11.8 Å². The van der Waals surface area contributed by atoms with Crippen molar-refractivity contribution in [2.75, 3.05) is 23.4 Å². The predicted octanol–water partition coefficient (Wildman–Crippen LogP) is 3.21. The average molecular weight is 275 g/mol. The zero-order chi connectivity index (χ0) is 13.1. The summed E-state index contributed by atoms with van der Waals surface area (Å²) in [7, 11) is 0. The number of aryl methyl sites for hydroxylation is 1. The predicted molar refractivity (Wildman–Crippen MR) is 78.4 cm³/mol. The standard InChI is InChI=1S/C14H17N3OS/c1-10-2-3-12(14-17-16-9-18-14)6-13(10)15-7-11-4-5-19-8-11/h2-3,6,9,11,15H,4-5,7-8H2,1H3. The number of nitrogens with one attached hydrogen (secondary N) is 1. The third kappa shape index (κ3) is 2.92. The molecule has 19 heavy (non-hydrogen) atoms. The van der Waals surface area contributed by atoms with E-state index in [0.717, 1.165) is 23.7 Å². The average Bonchev–Trinajstić information content (AvgIpc) is 3.11. The normalized spacial score (nSPS) is 18.7. The van der Waals surface area contributed by atoms with Crippen LogP contribution in [0, 0.1) is 12.8 Å². The minimum Gasteiger partial charge on any atom is -0.423 e. The Morgan fingerprint density at radius 3 is 3.16 bits per heavy atom. The van der Waals surface area contributed by atoms with Crippen molar-refractivity contribution in [1.29, 1.82) is 0 Å². The highest BCUT2D eigenvalue weighted by molar-refractivity contribution is 7.99. The molecular formula is C14H17N3OS. The first kappa shape index (κ1) is 12.5. The van der Waals surface area contributed by atoms with Gasteiger partial charge in [0.1, 0.15) is 0 Å². The van der Waals surface area contributed by atoms with Crippen molar-refractivity contribution in [2.45, 2.75) is 13.3 Å². The largest absolute Gasteiger partial charge is 0.423 e. The molecule has 1 aromatic carbocycles. The monoisotopic (exact) mass is 275 g/mol. The summed E-state index contributed by atoms with van der Waals surface area (Å²) >= 11 is 2.05. The number of nitrogens with zero attached hydrogens (tertiary/aromatic N) is 2. The summed E-state index contributed by atoms with van der Waals surface area (Å²) in [6.45, 7) is 3.16. The number of benzene rings is 1. The van der Waals surface area contributed by atoms with Crippen LogP contribution in [0.1, 0.15) is 12.0 Å². The first-order chi connectivity index (χ1) is 9.33. The van der Waals surface area contributed by atoms with Gasteiger partial charge in [-0.3, -0.25) is 0 Å². The van der Waals surface area contributed by atoms with Gasteiger partial charge in [0, 0.05) is 17.8 Å². The molecule has 1 N–H and O–H groups in total. The van der Waals surface area contributed by atoms with E-state index >= 15 is 0 Å². The summed E-state index contributed by atoms with van der Waals surface area (Å²) in [5.41, 5.74) is 3.37. The van der Waals surface area contributed by atoms with E-state index < -0.39 is 0 Å². The minimum absolute atomic E-state index is 0.569. The third-order valence-corrected chi connectivity index (χ3v) is 4.68. The maximum absolute atomic E-state index is 5.24. The molecule has 0 aliphatic carbocycles. The van der Waals surface area contributed by atoms with Crippen molar-refractivity contribution >= 4 is 17.4 Å². The molecule has 3 rings (SSSR count). The van der Waals surface area contributed by atoms with Gasteiger partial charge in [0.2, 0.25) is 12.3 Å². The molecule has 0 radical (unpaired) electrons. The van der Waals surface area contributed by atoms with Gasteiger partial charge in [0.15, 0.2) is 0 Å². The lowest BCUT2D eigenvalue weighted by Gasteiger charge is -2.14. The molecule has 0 saturated carbocycles. The SMILES string of the molecule is Cc1ccc(-c2nnco2)cc1NCC1CCSC1. The Labute approximate surface area is 117 Å². The summed E-state index contributed by atoms with van der Waals surface area (Å²) in [4.78, 5) is 0. The van der Waals surface area contributed by atoms with E-state index in [1.54, 1.807) is 0 Å². The fourth-order valence-electron chi connectivity index (χ4n) is 2.24. The van der Waals surface area contributed by atoms with Crippen molar-refractivity contribution < 1.29 is 4.42 Å². The maximum Gasteiger partial charge on any atom is 0.247 e. The molecule has 2 aromatic rings. The Hall–Kier alpha value is -1.49. The lowest BCUT2D eigenvalue weighted by Crippen LogP contribution is -2.14. The van der Waals surface area contributed by atoms with Crippen molar-refractivity contribution in [2.24, 2.45) is 5.92 Å². The molecule has 1 atom stereocenters. The Morgan fingerprint density at radius 1 is 1.47 bits per heavy atom. The van der Waals surface area contributed by atoms with Crippen LogP contribution < -0.4 is 5.32 Å². The number of hydrogen-bond donors (Lipinski definition) is 1. The Balaban J connectivity index is 1.74. The molecule has 2 heterocycles. The summed E-state index contributed by atoms with van der Waals surface area (Å²) < 4.78 is 5.24. The fourth-order valence-corrected chi connectivity index (χ4v) is 3.53. The summed E-state index contributed by atoms with van der Waals surface area (Å²) in [6, 6.07) is 6.19. The van der Waals surface area contributed by atoms with Crippen LogP contribution in [-0.2, 0) is 0 Å². The van der Waals surface area contributed by atoms with E-state index in [2.05, 4.69) is 34.6 Å². The van der Waals surface area contributed by atoms with Gasteiger partial charge in [0.25, 0.3) is 0 Å².